The molecule has 2 fully saturated rings. The average Bonchev–Trinajstić information content (AvgIpc) is 3.14. The Labute approximate surface area is 138 Å². The molecule has 4 nitrogen and oxygen atoms in total. The van der Waals surface area contributed by atoms with E-state index in [1.54, 1.807) is 0 Å². The smallest absolute Gasteiger partial charge is 0.228 e. The van der Waals surface area contributed by atoms with Gasteiger partial charge in [0, 0.05) is 19.6 Å². The first-order valence-electron chi connectivity index (χ1n) is 7.96. The molecule has 5 heteroatoms. The maximum Gasteiger partial charge on any atom is 0.228 e. The highest BCUT2D eigenvalue weighted by molar-refractivity contribution is 5.85. The van der Waals surface area contributed by atoms with Gasteiger partial charge in [-0.05, 0) is 31.2 Å². The normalized spacial score (nSPS) is 25.8. The van der Waals surface area contributed by atoms with Gasteiger partial charge in [-0.1, -0.05) is 30.3 Å². The van der Waals surface area contributed by atoms with Gasteiger partial charge in [0.2, 0.25) is 5.91 Å². The summed E-state index contributed by atoms with van der Waals surface area (Å²) in [5, 5.41) is 0. The zero-order chi connectivity index (χ0) is 14.7. The van der Waals surface area contributed by atoms with Crippen LogP contribution in [0.1, 0.15) is 24.8 Å². The minimum atomic E-state index is 0. The Bertz CT molecular complexity index is 483. The molecule has 2 N–H and O–H groups in total. The lowest BCUT2D eigenvalue weighted by Crippen LogP contribution is -2.43. The van der Waals surface area contributed by atoms with Gasteiger partial charge in [-0.3, -0.25) is 4.79 Å². The lowest BCUT2D eigenvalue weighted by atomic mass is 9.88. The van der Waals surface area contributed by atoms with E-state index in [-0.39, 0.29) is 30.3 Å². The van der Waals surface area contributed by atoms with Gasteiger partial charge in [-0.25, -0.2) is 0 Å². The van der Waals surface area contributed by atoms with E-state index in [9.17, 15) is 4.79 Å². The van der Waals surface area contributed by atoms with Crippen LogP contribution in [0.15, 0.2) is 30.3 Å². The van der Waals surface area contributed by atoms with Gasteiger partial charge in [0.15, 0.2) is 0 Å². The second-order valence-corrected chi connectivity index (χ2v) is 6.07. The predicted octanol–water partition coefficient (Wildman–Crippen LogP) is 2.01. The topological polar surface area (TPSA) is 55.6 Å². The third-order valence-corrected chi connectivity index (χ3v) is 4.65. The molecule has 1 aromatic rings. The van der Waals surface area contributed by atoms with Gasteiger partial charge >= 0.3 is 0 Å². The minimum absolute atomic E-state index is 0. The molecule has 3 atom stereocenters. The highest BCUT2D eigenvalue weighted by Gasteiger charge is 2.45. The van der Waals surface area contributed by atoms with Crippen LogP contribution in [0.3, 0.4) is 0 Å². The van der Waals surface area contributed by atoms with Crippen LogP contribution in [0.4, 0.5) is 0 Å². The van der Waals surface area contributed by atoms with Gasteiger partial charge in [0.1, 0.15) is 0 Å². The third-order valence-electron chi connectivity index (χ3n) is 4.65. The molecular weight excluding hydrogens is 300 g/mol. The van der Waals surface area contributed by atoms with Gasteiger partial charge in [-0.2, -0.15) is 0 Å². The Morgan fingerprint density at radius 2 is 2.00 bits per heavy atom. The van der Waals surface area contributed by atoms with Crippen LogP contribution in [0.2, 0.25) is 0 Å². The van der Waals surface area contributed by atoms with Crippen molar-refractivity contribution in [1.82, 2.24) is 4.90 Å². The summed E-state index contributed by atoms with van der Waals surface area (Å²) in [6.07, 6.45) is 4.41. The molecule has 2 saturated heterocycles. The SMILES string of the molecule is Cl.NCCN(CCc1ccccc1)C(=O)C1CC2CCC1O2. The summed E-state index contributed by atoms with van der Waals surface area (Å²) in [5.74, 6) is 0.301. The van der Waals surface area contributed by atoms with Crippen molar-refractivity contribution in [2.24, 2.45) is 11.7 Å². The highest BCUT2D eigenvalue weighted by atomic mass is 35.5. The number of carbonyl (C=O) groups excluding carboxylic acids is 1. The zero-order valence-corrected chi connectivity index (χ0v) is 13.6. The van der Waals surface area contributed by atoms with Gasteiger partial charge in [0.05, 0.1) is 18.1 Å². The van der Waals surface area contributed by atoms with E-state index in [2.05, 4.69) is 12.1 Å². The number of ether oxygens (including phenoxy) is 1. The molecule has 0 saturated carbocycles. The number of amides is 1. The quantitative estimate of drug-likeness (QED) is 0.871. The van der Waals surface area contributed by atoms with Crippen LogP contribution in [0.25, 0.3) is 0 Å². The second-order valence-electron chi connectivity index (χ2n) is 6.07. The first-order chi connectivity index (χ1) is 10.3. The van der Waals surface area contributed by atoms with Crippen molar-refractivity contribution in [3.63, 3.8) is 0 Å². The fourth-order valence-corrected chi connectivity index (χ4v) is 3.53. The molecule has 2 aliphatic heterocycles. The van der Waals surface area contributed by atoms with Crippen LogP contribution in [-0.2, 0) is 16.0 Å². The fraction of sp³-hybridized carbons (Fsp3) is 0.588. The monoisotopic (exact) mass is 324 g/mol. The predicted molar refractivity (Wildman–Crippen MR) is 89.0 cm³/mol. The molecule has 1 amide bonds. The van der Waals surface area contributed by atoms with E-state index < -0.39 is 0 Å². The van der Waals surface area contributed by atoms with Crippen molar-refractivity contribution in [3.8, 4) is 0 Å². The molecule has 0 aliphatic carbocycles. The van der Waals surface area contributed by atoms with E-state index in [1.807, 2.05) is 23.1 Å². The van der Waals surface area contributed by atoms with Gasteiger partial charge in [0.25, 0.3) is 0 Å². The molecule has 3 unspecified atom stereocenters. The molecule has 3 rings (SSSR count). The fourth-order valence-electron chi connectivity index (χ4n) is 3.53. The number of rotatable bonds is 6. The Morgan fingerprint density at radius 1 is 1.23 bits per heavy atom. The zero-order valence-electron chi connectivity index (χ0n) is 12.8. The maximum atomic E-state index is 12.7. The summed E-state index contributed by atoms with van der Waals surface area (Å²) >= 11 is 0. The van der Waals surface area contributed by atoms with E-state index in [4.69, 9.17) is 10.5 Å². The number of fused-ring (bicyclic) bond motifs is 2. The number of hydrogen-bond donors (Lipinski definition) is 1. The summed E-state index contributed by atoms with van der Waals surface area (Å²) in [7, 11) is 0. The van der Waals surface area contributed by atoms with Crippen LogP contribution >= 0.6 is 12.4 Å². The molecule has 1 aromatic carbocycles. The molecule has 0 spiro atoms. The van der Waals surface area contributed by atoms with Crippen molar-refractivity contribution in [3.05, 3.63) is 35.9 Å². The molecule has 0 radical (unpaired) electrons. The number of halogens is 1. The molecule has 2 bridgehead atoms. The second kappa shape index (κ2) is 7.95. The Kier molecular flexibility index (Phi) is 6.24. The van der Waals surface area contributed by atoms with E-state index >= 15 is 0 Å². The van der Waals surface area contributed by atoms with Crippen molar-refractivity contribution < 1.29 is 9.53 Å². The summed E-state index contributed by atoms with van der Waals surface area (Å²) in [4.78, 5) is 14.7. The van der Waals surface area contributed by atoms with Crippen LogP contribution in [0.5, 0.6) is 0 Å². The van der Waals surface area contributed by atoms with Crippen molar-refractivity contribution in [1.29, 1.82) is 0 Å². The lowest BCUT2D eigenvalue weighted by Gasteiger charge is -2.28. The summed E-state index contributed by atoms with van der Waals surface area (Å²) < 4.78 is 5.82. The number of benzene rings is 1. The third kappa shape index (κ3) is 3.80. The van der Waals surface area contributed by atoms with Crippen LogP contribution in [0, 0.1) is 5.92 Å². The van der Waals surface area contributed by atoms with Crippen molar-refractivity contribution in [2.45, 2.75) is 37.9 Å². The van der Waals surface area contributed by atoms with E-state index in [1.165, 1.54) is 5.56 Å². The molecule has 22 heavy (non-hydrogen) atoms. The first kappa shape index (κ1) is 17.3. The summed E-state index contributed by atoms with van der Waals surface area (Å²) in [5.41, 5.74) is 6.95. The Morgan fingerprint density at radius 3 is 2.59 bits per heavy atom. The first-order valence-corrected chi connectivity index (χ1v) is 7.96. The molecule has 2 aliphatic rings. The number of nitrogens with two attached hydrogens (primary N) is 1. The van der Waals surface area contributed by atoms with E-state index in [0.717, 1.165) is 32.2 Å². The Hall–Kier alpha value is -1.10. The van der Waals surface area contributed by atoms with Crippen molar-refractivity contribution >= 4 is 18.3 Å². The molecule has 2 heterocycles. The number of carbonyl (C=O) groups is 1. The van der Waals surface area contributed by atoms with E-state index in [0.29, 0.717) is 19.2 Å². The number of hydrogen-bond acceptors (Lipinski definition) is 3. The molecular formula is C17H25ClN2O2. The average molecular weight is 325 g/mol. The molecule has 0 aromatic heterocycles. The standard InChI is InChI=1S/C17H24N2O2.ClH/c18-9-11-19(10-8-13-4-2-1-3-5-13)17(20)15-12-14-6-7-16(15)21-14;/h1-5,14-16H,6-12,18H2;1H. The largest absolute Gasteiger partial charge is 0.374 e. The van der Waals surface area contributed by atoms with Crippen LogP contribution in [-0.4, -0.2) is 42.6 Å². The molecule has 122 valence electrons. The van der Waals surface area contributed by atoms with Gasteiger partial charge in [-0.15, -0.1) is 12.4 Å². The highest BCUT2D eigenvalue weighted by Crippen LogP contribution is 2.39. The lowest BCUT2D eigenvalue weighted by molar-refractivity contribution is -0.137. The van der Waals surface area contributed by atoms with Gasteiger partial charge < -0.3 is 15.4 Å². The summed E-state index contributed by atoms with van der Waals surface area (Å²) in [6.45, 7) is 1.90. The summed E-state index contributed by atoms with van der Waals surface area (Å²) in [6, 6.07) is 10.3. The number of nitrogens with zero attached hydrogens (tertiary/aromatic N) is 1. The van der Waals surface area contributed by atoms with Crippen molar-refractivity contribution in [2.75, 3.05) is 19.6 Å². The Balaban J connectivity index is 0.00000176. The van der Waals surface area contributed by atoms with Crippen LogP contribution < -0.4 is 5.73 Å². The maximum absolute atomic E-state index is 12.7. The minimum Gasteiger partial charge on any atom is -0.374 e.